The highest BCUT2D eigenvalue weighted by Gasteiger charge is 2.01. The van der Waals surface area contributed by atoms with Crippen molar-refractivity contribution in [2.45, 2.75) is 19.9 Å². The van der Waals surface area contributed by atoms with Crippen molar-refractivity contribution in [2.75, 3.05) is 7.11 Å². The fourth-order valence-corrected chi connectivity index (χ4v) is 1.06. The van der Waals surface area contributed by atoms with E-state index < -0.39 is 0 Å². The maximum absolute atomic E-state index is 4.75. The number of hydroxylamine groups is 1. The Labute approximate surface area is 72.5 Å². The van der Waals surface area contributed by atoms with Gasteiger partial charge in [-0.05, 0) is 12.5 Å². The normalized spacial score (nSPS) is 10.6. The third kappa shape index (κ3) is 2.06. The molecule has 0 aliphatic heterocycles. The minimum atomic E-state index is 0.694. The van der Waals surface area contributed by atoms with E-state index in [0.717, 1.165) is 17.8 Å². The minimum Gasteiger partial charge on any atom is -0.305 e. The van der Waals surface area contributed by atoms with Gasteiger partial charge in [0.2, 0.25) is 0 Å². The molecular formula is C8H15N3O. The summed E-state index contributed by atoms with van der Waals surface area (Å²) >= 11 is 0. The van der Waals surface area contributed by atoms with E-state index in [1.54, 1.807) is 7.11 Å². The van der Waals surface area contributed by atoms with Crippen LogP contribution in [0.15, 0.2) is 6.07 Å². The third-order valence-electron chi connectivity index (χ3n) is 1.79. The van der Waals surface area contributed by atoms with E-state index in [4.69, 9.17) is 4.84 Å². The quantitative estimate of drug-likeness (QED) is 0.672. The lowest BCUT2D eigenvalue weighted by Crippen LogP contribution is -2.13. The number of rotatable bonds is 4. The van der Waals surface area contributed by atoms with Crippen molar-refractivity contribution in [1.29, 1.82) is 0 Å². The van der Waals surface area contributed by atoms with Crippen molar-refractivity contribution in [3.8, 4) is 0 Å². The first-order chi connectivity index (χ1) is 5.77. The summed E-state index contributed by atoms with van der Waals surface area (Å²) in [5.74, 6) is 0. The van der Waals surface area contributed by atoms with E-state index in [1.165, 1.54) is 0 Å². The third-order valence-corrected chi connectivity index (χ3v) is 1.79. The maximum Gasteiger partial charge on any atom is 0.0630 e. The topological polar surface area (TPSA) is 39.1 Å². The Kier molecular flexibility index (Phi) is 3.25. The van der Waals surface area contributed by atoms with Gasteiger partial charge in [0.25, 0.3) is 0 Å². The highest BCUT2D eigenvalue weighted by atomic mass is 16.6. The highest BCUT2D eigenvalue weighted by Crippen LogP contribution is 2.02. The second kappa shape index (κ2) is 4.23. The Morgan fingerprint density at radius 3 is 2.92 bits per heavy atom. The molecule has 0 saturated heterocycles. The first-order valence-corrected chi connectivity index (χ1v) is 4.05. The molecule has 0 spiro atoms. The zero-order valence-corrected chi connectivity index (χ0v) is 7.79. The molecule has 4 nitrogen and oxygen atoms in total. The molecule has 1 heterocycles. The molecule has 0 fully saturated rings. The van der Waals surface area contributed by atoms with Crippen LogP contribution < -0.4 is 5.48 Å². The van der Waals surface area contributed by atoms with Crippen molar-refractivity contribution >= 4 is 0 Å². The molecule has 0 atom stereocenters. The van der Waals surface area contributed by atoms with Gasteiger partial charge in [0.15, 0.2) is 0 Å². The summed E-state index contributed by atoms with van der Waals surface area (Å²) in [7, 11) is 3.54. The summed E-state index contributed by atoms with van der Waals surface area (Å²) in [6, 6.07) is 2.08. The number of aromatic nitrogens is 2. The molecule has 0 aliphatic rings. The summed E-state index contributed by atoms with van der Waals surface area (Å²) in [4.78, 5) is 4.75. The van der Waals surface area contributed by atoms with Crippen molar-refractivity contribution in [3.05, 3.63) is 17.5 Å². The molecule has 12 heavy (non-hydrogen) atoms. The van der Waals surface area contributed by atoms with Gasteiger partial charge in [-0.3, -0.25) is 4.68 Å². The van der Waals surface area contributed by atoms with Gasteiger partial charge < -0.3 is 4.84 Å². The van der Waals surface area contributed by atoms with Gasteiger partial charge in [-0.25, -0.2) is 0 Å². The van der Waals surface area contributed by atoms with Crippen LogP contribution in [0.1, 0.15) is 18.3 Å². The number of hydrogen-bond donors (Lipinski definition) is 1. The predicted octanol–water partition coefficient (Wildman–Crippen LogP) is 0.633. The Balaban J connectivity index is 2.64. The number of nitrogens with one attached hydrogen (secondary N) is 1. The van der Waals surface area contributed by atoms with Gasteiger partial charge in [-0.1, -0.05) is 6.92 Å². The second-order valence-electron chi connectivity index (χ2n) is 2.63. The largest absolute Gasteiger partial charge is 0.305 e. The van der Waals surface area contributed by atoms with Crippen LogP contribution in [0.4, 0.5) is 0 Å². The maximum atomic E-state index is 4.75. The molecule has 1 rings (SSSR count). The molecule has 0 unspecified atom stereocenters. The second-order valence-corrected chi connectivity index (χ2v) is 2.63. The van der Waals surface area contributed by atoms with E-state index in [2.05, 4.69) is 23.6 Å². The van der Waals surface area contributed by atoms with Crippen molar-refractivity contribution < 1.29 is 4.84 Å². The minimum absolute atomic E-state index is 0.694. The van der Waals surface area contributed by atoms with Crippen LogP contribution in [0.2, 0.25) is 0 Å². The van der Waals surface area contributed by atoms with E-state index >= 15 is 0 Å². The summed E-state index contributed by atoms with van der Waals surface area (Å²) in [5, 5.41) is 4.30. The van der Waals surface area contributed by atoms with Crippen LogP contribution in [-0.4, -0.2) is 16.9 Å². The highest BCUT2D eigenvalue weighted by molar-refractivity contribution is 5.09. The average Bonchev–Trinajstić information content (AvgIpc) is 2.43. The van der Waals surface area contributed by atoms with E-state index in [9.17, 15) is 0 Å². The summed E-state index contributed by atoms with van der Waals surface area (Å²) in [6.45, 7) is 2.79. The molecule has 1 aromatic heterocycles. The van der Waals surface area contributed by atoms with Crippen LogP contribution >= 0.6 is 0 Å². The summed E-state index contributed by atoms with van der Waals surface area (Å²) in [6.07, 6.45) is 0.973. The molecule has 0 aromatic carbocycles. The molecule has 0 saturated carbocycles. The molecular weight excluding hydrogens is 154 g/mol. The number of nitrogens with zero attached hydrogens (tertiary/aromatic N) is 2. The molecule has 1 N–H and O–H groups in total. The Morgan fingerprint density at radius 2 is 2.42 bits per heavy atom. The van der Waals surface area contributed by atoms with Gasteiger partial charge in [0.05, 0.1) is 25.0 Å². The van der Waals surface area contributed by atoms with Crippen LogP contribution in [0.5, 0.6) is 0 Å². The molecule has 0 radical (unpaired) electrons. The lowest BCUT2D eigenvalue weighted by Gasteiger charge is -2.00. The standard InChI is InChI=1S/C8H15N3O/c1-4-7-5-8(6-9-12-3)11(2)10-7/h5,9H,4,6H2,1-3H3. The van der Waals surface area contributed by atoms with Gasteiger partial charge in [0, 0.05) is 7.05 Å². The van der Waals surface area contributed by atoms with Crippen molar-refractivity contribution in [1.82, 2.24) is 15.3 Å². The Hall–Kier alpha value is -0.870. The molecule has 68 valence electrons. The molecule has 0 bridgehead atoms. The van der Waals surface area contributed by atoms with Crippen molar-refractivity contribution in [2.24, 2.45) is 7.05 Å². The van der Waals surface area contributed by atoms with Crippen LogP contribution in [0.3, 0.4) is 0 Å². The van der Waals surface area contributed by atoms with Crippen molar-refractivity contribution in [3.63, 3.8) is 0 Å². The summed E-state index contributed by atoms with van der Waals surface area (Å²) in [5.41, 5.74) is 5.03. The molecule has 0 amide bonds. The first kappa shape index (κ1) is 9.22. The molecule has 4 heteroatoms. The van der Waals surface area contributed by atoms with Gasteiger partial charge in [-0.15, -0.1) is 0 Å². The lowest BCUT2D eigenvalue weighted by molar-refractivity contribution is 0.0850. The number of aryl methyl sites for hydroxylation is 2. The first-order valence-electron chi connectivity index (χ1n) is 4.05. The van der Waals surface area contributed by atoms with E-state index in [0.29, 0.717) is 6.54 Å². The lowest BCUT2D eigenvalue weighted by atomic mass is 10.3. The zero-order valence-electron chi connectivity index (χ0n) is 7.79. The Bertz CT molecular complexity index is 244. The van der Waals surface area contributed by atoms with E-state index in [-0.39, 0.29) is 0 Å². The summed E-state index contributed by atoms with van der Waals surface area (Å²) < 4.78 is 1.87. The van der Waals surface area contributed by atoms with Gasteiger partial charge in [0.1, 0.15) is 0 Å². The van der Waals surface area contributed by atoms with Crippen LogP contribution in [-0.2, 0) is 24.9 Å². The van der Waals surface area contributed by atoms with Gasteiger partial charge >= 0.3 is 0 Å². The molecule has 0 aliphatic carbocycles. The smallest absolute Gasteiger partial charge is 0.0630 e. The monoisotopic (exact) mass is 169 g/mol. The fourth-order valence-electron chi connectivity index (χ4n) is 1.06. The zero-order chi connectivity index (χ0) is 8.97. The Morgan fingerprint density at radius 1 is 1.67 bits per heavy atom. The fraction of sp³-hybridized carbons (Fsp3) is 0.625. The predicted molar refractivity (Wildman–Crippen MR) is 46.4 cm³/mol. The average molecular weight is 169 g/mol. The number of hydrogen-bond acceptors (Lipinski definition) is 3. The van der Waals surface area contributed by atoms with Crippen LogP contribution in [0.25, 0.3) is 0 Å². The SMILES string of the molecule is CCc1cc(CNOC)n(C)n1. The molecule has 1 aromatic rings. The van der Waals surface area contributed by atoms with Gasteiger partial charge in [-0.2, -0.15) is 10.6 Å². The van der Waals surface area contributed by atoms with E-state index in [1.807, 2.05) is 11.7 Å². The van der Waals surface area contributed by atoms with Crippen LogP contribution in [0, 0.1) is 0 Å².